The molecule has 4 nitrogen and oxygen atoms in total. The molecule has 10 heavy (non-hydrogen) atoms. The Bertz CT molecular complexity index is 175. The Hall–Kier alpha value is 0.220. The van der Waals surface area contributed by atoms with Crippen LogP contribution in [0.25, 0.3) is 0 Å². The molecular formula is C4H10NO3S2. The Morgan fingerprint density at radius 3 is 2.60 bits per heavy atom. The summed E-state index contributed by atoms with van der Waals surface area (Å²) in [5.41, 5.74) is 0. The smallest absolute Gasteiger partial charge is 0.267 e. The number of aliphatic hydroxyl groups is 1. The van der Waals surface area contributed by atoms with E-state index in [0.717, 1.165) is 10.8 Å². The zero-order valence-electron chi connectivity index (χ0n) is 5.57. The molecule has 0 bridgehead atoms. The molecule has 0 heterocycles. The molecule has 0 aromatic heterocycles. The van der Waals surface area contributed by atoms with Crippen LogP contribution in [0.4, 0.5) is 0 Å². The fraction of sp³-hybridized carbons (Fsp3) is 0.750. The minimum Gasteiger partial charge on any atom is -0.378 e. The van der Waals surface area contributed by atoms with Crippen molar-refractivity contribution in [2.75, 3.05) is 5.75 Å². The van der Waals surface area contributed by atoms with E-state index in [1.165, 1.54) is 0 Å². The van der Waals surface area contributed by atoms with Gasteiger partial charge in [0, 0.05) is 5.75 Å². The summed E-state index contributed by atoms with van der Waals surface area (Å²) >= 11 is 0. The van der Waals surface area contributed by atoms with Crippen LogP contribution in [-0.4, -0.2) is 25.5 Å². The second-order valence-electron chi connectivity index (χ2n) is 1.49. The van der Waals surface area contributed by atoms with Crippen LogP contribution in [0.5, 0.6) is 0 Å². The van der Waals surface area contributed by atoms with E-state index in [1.54, 1.807) is 6.92 Å². The van der Waals surface area contributed by atoms with Crippen LogP contribution in [0.15, 0.2) is 0 Å². The highest BCUT2D eigenvalue weighted by Gasteiger charge is 2.10. The molecule has 0 saturated heterocycles. The summed E-state index contributed by atoms with van der Waals surface area (Å²) in [6, 6.07) is 0. The number of hydrogen-bond acceptors (Lipinski definition) is 4. The third-order valence-electron chi connectivity index (χ3n) is 0.553. The number of nitrogens with one attached hydrogen (secondary N) is 1. The van der Waals surface area contributed by atoms with Crippen molar-refractivity contribution in [3.63, 3.8) is 0 Å². The normalized spacial score (nSPS) is 15.1. The molecule has 0 fully saturated rings. The number of rotatable bonds is 4. The van der Waals surface area contributed by atoms with E-state index in [-0.39, 0.29) is 0 Å². The topological polar surface area (TPSA) is 66.4 Å². The molecular weight excluding hydrogens is 174 g/mol. The Labute approximate surface area is 64.5 Å². The van der Waals surface area contributed by atoms with Crippen molar-refractivity contribution in [2.24, 2.45) is 0 Å². The van der Waals surface area contributed by atoms with Gasteiger partial charge in [0.25, 0.3) is 9.06 Å². The molecule has 1 unspecified atom stereocenters. The second-order valence-corrected chi connectivity index (χ2v) is 5.47. The summed E-state index contributed by atoms with van der Waals surface area (Å²) in [5, 5.41) is 8.50. The summed E-state index contributed by atoms with van der Waals surface area (Å²) in [6.45, 7) is 4.77. The van der Waals surface area contributed by atoms with Crippen LogP contribution in [0.2, 0.25) is 0 Å². The van der Waals surface area contributed by atoms with Gasteiger partial charge in [-0.05, 0) is 17.7 Å². The lowest BCUT2D eigenvalue weighted by atomic mass is 10.7. The van der Waals surface area contributed by atoms with Gasteiger partial charge < -0.3 is 5.11 Å². The van der Waals surface area contributed by atoms with Gasteiger partial charge in [0.05, 0.1) is 0 Å². The summed E-state index contributed by atoms with van der Waals surface area (Å²) < 4.78 is 23.3. The maximum absolute atomic E-state index is 10.7. The SMILES string of the molecule is [CH2]C(O)NS(=O)(=O)SCC. The van der Waals surface area contributed by atoms with E-state index in [1.807, 2.05) is 4.72 Å². The zero-order chi connectivity index (χ0) is 8.20. The highest BCUT2D eigenvalue weighted by Crippen LogP contribution is 2.08. The Morgan fingerprint density at radius 2 is 2.30 bits per heavy atom. The monoisotopic (exact) mass is 184 g/mol. The van der Waals surface area contributed by atoms with Crippen molar-refractivity contribution in [1.29, 1.82) is 0 Å². The Morgan fingerprint density at radius 1 is 1.80 bits per heavy atom. The standard InChI is InChI=1S/C4H10NO3S2/c1-3-9-10(7,8)5-4(2)6/h4-6H,2-3H2,1H3. The van der Waals surface area contributed by atoms with E-state index in [0.29, 0.717) is 5.75 Å². The van der Waals surface area contributed by atoms with Crippen molar-refractivity contribution < 1.29 is 13.5 Å². The van der Waals surface area contributed by atoms with Crippen molar-refractivity contribution in [3.05, 3.63) is 6.92 Å². The molecule has 6 heteroatoms. The van der Waals surface area contributed by atoms with Crippen molar-refractivity contribution in [1.82, 2.24) is 4.72 Å². The average Bonchev–Trinajstić information content (AvgIpc) is 1.59. The lowest BCUT2D eigenvalue weighted by molar-refractivity contribution is 0.210. The van der Waals surface area contributed by atoms with E-state index in [2.05, 4.69) is 6.92 Å². The first kappa shape index (κ1) is 10.2. The van der Waals surface area contributed by atoms with Crippen LogP contribution in [0, 0.1) is 6.92 Å². The van der Waals surface area contributed by atoms with Gasteiger partial charge in [0.2, 0.25) is 0 Å². The zero-order valence-corrected chi connectivity index (χ0v) is 7.20. The predicted molar refractivity (Wildman–Crippen MR) is 41.6 cm³/mol. The molecule has 0 aromatic rings. The van der Waals surface area contributed by atoms with E-state index in [4.69, 9.17) is 5.11 Å². The third kappa shape index (κ3) is 5.04. The molecule has 0 aliphatic heterocycles. The summed E-state index contributed by atoms with van der Waals surface area (Å²) in [4.78, 5) is 0. The lowest BCUT2D eigenvalue weighted by Gasteiger charge is -2.05. The molecule has 0 rings (SSSR count). The minimum absolute atomic E-state index is 0.446. The number of aliphatic hydroxyl groups excluding tert-OH is 1. The molecule has 0 aliphatic carbocycles. The van der Waals surface area contributed by atoms with Gasteiger partial charge in [-0.25, -0.2) is 8.42 Å². The first-order chi connectivity index (χ1) is 4.48. The maximum Gasteiger partial charge on any atom is 0.267 e. The van der Waals surface area contributed by atoms with Gasteiger partial charge in [0.15, 0.2) is 0 Å². The fourth-order valence-electron chi connectivity index (χ4n) is 0.356. The van der Waals surface area contributed by atoms with Crippen molar-refractivity contribution in [3.8, 4) is 0 Å². The molecule has 0 aromatic carbocycles. The molecule has 0 spiro atoms. The van der Waals surface area contributed by atoms with Crippen LogP contribution in [0.3, 0.4) is 0 Å². The van der Waals surface area contributed by atoms with Crippen molar-refractivity contribution >= 4 is 19.8 Å². The summed E-state index contributed by atoms with van der Waals surface area (Å²) in [5.74, 6) is 0.446. The highest BCUT2D eigenvalue weighted by molar-refractivity contribution is 8.71. The predicted octanol–water partition coefficient (Wildman–Crippen LogP) is -0.274. The van der Waals surface area contributed by atoms with Crippen LogP contribution < -0.4 is 4.72 Å². The molecule has 0 saturated carbocycles. The number of hydrogen-bond donors (Lipinski definition) is 2. The minimum atomic E-state index is -3.38. The van der Waals surface area contributed by atoms with Gasteiger partial charge in [-0.1, -0.05) is 6.92 Å². The van der Waals surface area contributed by atoms with Gasteiger partial charge in [-0.15, -0.1) is 0 Å². The van der Waals surface area contributed by atoms with Crippen LogP contribution in [0.1, 0.15) is 6.92 Å². The van der Waals surface area contributed by atoms with Crippen LogP contribution in [-0.2, 0) is 9.06 Å². The average molecular weight is 184 g/mol. The van der Waals surface area contributed by atoms with E-state index in [9.17, 15) is 8.42 Å². The first-order valence-electron chi connectivity index (χ1n) is 2.66. The molecule has 61 valence electrons. The Kier molecular flexibility index (Phi) is 4.26. The van der Waals surface area contributed by atoms with Crippen LogP contribution >= 0.6 is 10.8 Å². The molecule has 0 amide bonds. The lowest BCUT2D eigenvalue weighted by Crippen LogP contribution is -2.30. The maximum atomic E-state index is 10.7. The van der Waals surface area contributed by atoms with E-state index >= 15 is 0 Å². The largest absolute Gasteiger partial charge is 0.378 e. The molecule has 1 atom stereocenters. The van der Waals surface area contributed by atoms with Gasteiger partial charge >= 0.3 is 0 Å². The van der Waals surface area contributed by atoms with Gasteiger partial charge in [0.1, 0.15) is 6.23 Å². The highest BCUT2D eigenvalue weighted by atomic mass is 33.1. The summed E-state index contributed by atoms with van der Waals surface area (Å²) in [6.07, 6.45) is -1.26. The second kappa shape index (κ2) is 4.17. The van der Waals surface area contributed by atoms with Crippen molar-refractivity contribution in [2.45, 2.75) is 13.2 Å². The van der Waals surface area contributed by atoms with E-state index < -0.39 is 15.3 Å². The summed E-state index contributed by atoms with van der Waals surface area (Å²) in [7, 11) is -2.65. The quantitative estimate of drug-likeness (QED) is 0.466. The molecule has 0 aliphatic rings. The van der Waals surface area contributed by atoms with Gasteiger partial charge in [-0.2, -0.15) is 4.72 Å². The fourth-order valence-corrected chi connectivity index (χ4v) is 2.54. The first-order valence-corrected chi connectivity index (χ1v) is 5.64. The van der Waals surface area contributed by atoms with Gasteiger partial charge in [-0.3, -0.25) is 0 Å². The Balaban J connectivity index is 3.89. The molecule has 1 radical (unpaired) electrons. The third-order valence-corrected chi connectivity index (χ3v) is 3.59. The molecule has 2 N–H and O–H groups in total.